The summed E-state index contributed by atoms with van der Waals surface area (Å²) in [7, 11) is 3.49. The van der Waals surface area contributed by atoms with Crippen molar-refractivity contribution in [1.82, 2.24) is 4.90 Å². The Morgan fingerprint density at radius 2 is 1.85 bits per heavy atom. The lowest BCUT2D eigenvalue weighted by molar-refractivity contribution is 0.0827. The predicted molar refractivity (Wildman–Crippen MR) is 84.9 cm³/mol. The zero-order chi connectivity index (χ0) is 14.5. The van der Waals surface area contributed by atoms with Crippen LogP contribution in [0.1, 0.15) is 15.9 Å². The summed E-state index contributed by atoms with van der Waals surface area (Å²) in [4.78, 5) is 14.5. The fourth-order valence-electron chi connectivity index (χ4n) is 1.79. The molecule has 0 aliphatic rings. The molecule has 0 bridgehead atoms. The normalized spacial score (nSPS) is 10.3. The molecule has 104 valence electrons. The van der Waals surface area contributed by atoms with Gasteiger partial charge in [0.25, 0.3) is 5.91 Å². The molecule has 0 radical (unpaired) electrons. The summed E-state index contributed by atoms with van der Waals surface area (Å²) in [6.07, 6.45) is 0. The van der Waals surface area contributed by atoms with E-state index < -0.39 is 0 Å². The Kier molecular flexibility index (Phi) is 4.69. The first kappa shape index (κ1) is 14.5. The van der Waals surface area contributed by atoms with Crippen molar-refractivity contribution >= 4 is 23.4 Å². The molecule has 2 aromatic carbocycles. The molecule has 2 aromatic rings. The molecule has 20 heavy (non-hydrogen) atoms. The molecule has 2 N–H and O–H groups in total. The predicted octanol–water partition coefficient (Wildman–Crippen LogP) is 3.26. The molecule has 0 fully saturated rings. The zero-order valence-corrected chi connectivity index (χ0v) is 12.5. The molecular formula is C16H18N2OS. The standard InChI is InChI=1S/C16H18N2OS/c1-18(2)16(19)13-8-9-14(17)15(10-13)20-11-12-6-4-3-5-7-12/h3-10H,11,17H2,1-2H3. The van der Waals surface area contributed by atoms with Crippen molar-refractivity contribution in [2.45, 2.75) is 10.6 Å². The Balaban J connectivity index is 2.15. The van der Waals surface area contributed by atoms with Crippen LogP contribution in [-0.4, -0.2) is 24.9 Å². The molecule has 0 aliphatic heterocycles. The lowest BCUT2D eigenvalue weighted by Crippen LogP contribution is -2.21. The topological polar surface area (TPSA) is 46.3 Å². The van der Waals surface area contributed by atoms with E-state index in [4.69, 9.17) is 5.73 Å². The summed E-state index contributed by atoms with van der Waals surface area (Å²) >= 11 is 1.65. The molecule has 2 rings (SSSR count). The first-order chi connectivity index (χ1) is 9.58. The molecule has 0 saturated heterocycles. The Bertz CT molecular complexity index is 597. The van der Waals surface area contributed by atoms with Crippen LogP contribution in [0.25, 0.3) is 0 Å². The summed E-state index contributed by atoms with van der Waals surface area (Å²) in [6.45, 7) is 0. The molecule has 1 amide bonds. The third-order valence-corrected chi connectivity index (χ3v) is 4.05. The van der Waals surface area contributed by atoms with Crippen molar-refractivity contribution in [1.29, 1.82) is 0 Å². The average molecular weight is 286 g/mol. The summed E-state index contributed by atoms with van der Waals surface area (Å²) in [6, 6.07) is 15.6. The van der Waals surface area contributed by atoms with Gasteiger partial charge in [-0.15, -0.1) is 11.8 Å². The van der Waals surface area contributed by atoms with Crippen LogP contribution in [0.3, 0.4) is 0 Å². The van der Waals surface area contributed by atoms with Gasteiger partial charge in [-0.25, -0.2) is 0 Å². The van der Waals surface area contributed by atoms with E-state index in [2.05, 4.69) is 12.1 Å². The van der Waals surface area contributed by atoms with E-state index in [-0.39, 0.29) is 5.91 Å². The van der Waals surface area contributed by atoms with E-state index in [1.807, 2.05) is 24.3 Å². The van der Waals surface area contributed by atoms with Gasteiger partial charge < -0.3 is 10.6 Å². The van der Waals surface area contributed by atoms with Crippen molar-refractivity contribution < 1.29 is 4.79 Å². The maximum absolute atomic E-state index is 12.0. The lowest BCUT2D eigenvalue weighted by Gasteiger charge is -2.12. The lowest BCUT2D eigenvalue weighted by atomic mass is 10.2. The highest BCUT2D eigenvalue weighted by Crippen LogP contribution is 2.29. The quantitative estimate of drug-likeness (QED) is 0.693. The maximum Gasteiger partial charge on any atom is 0.253 e. The molecule has 3 nitrogen and oxygen atoms in total. The van der Waals surface area contributed by atoms with Crippen LogP contribution in [0.4, 0.5) is 5.69 Å². The summed E-state index contributed by atoms with van der Waals surface area (Å²) in [5, 5.41) is 0. The number of anilines is 1. The fourth-order valence-corrected chi connectivity index (χ4v) is 2.75. The number of nitrogens with zero attached hydrogens (tertiary/aromatic N) is 1. The molecule has 0 spiro atoms. The van der Waals surface area contributed by atoms with Crippen LogP contribution in [0.5, 0.6) is 0 Å². The second kappa shape index (κ2) is 6.48. The van der Waals surface area contributed by atoms with Crippen LogP contribution < -0.4 is 5.73 Å². The van der Waals surface area contributed by atoms with E-state index in [1.165, 1.54) is 5.56 Å². The number of carbonyl (C=O) groups excluding carboxylic acids is 1. The Labute approximate surface area is 123 Å². The van der Waals surface area contributed by atoms with Crippen LogP contribution >= 0.6 is 11.8 Å². The SMILES string of the molecule is CN(C)C(=O)c1ccc(N)c(SCc2ccccc2)c1. The number of thioether (sulfide) groups is 1. The van der Waals surface area contributed by atoms with Crippen molar-refractivity contribution in [3.63, 3.8) is 0 Å². The minimum Gasteiger partial charge on any atom is -0.398 e. The van der Waals surface area contributed by atoms with Crippen molar-refractivity contribution in [3.8, 4) is 0 Å². The van der Waals surface area contributed by atoms with E-state index in [0.717, 1.165) is 10.6 Å². The summed E-state index contributed by atoms with van der Waals surface area (Å²) < 4.78 is 0. The first-order valence-corrected chi connectivity index (χ1v) is 7.34. The number of nitrogens with two attached hydrogens (primary N) is 1. The van der Waals surface area contributed by atoms with Crippen molar-refractivity contribution in [3.05, 3.63) is 59.7 Å². The number of amides is 1. The average Bonchev–Trinajstić information content (AvgIpc) is 2.46. The number of hydrogen-bond donors (Lipinski definition) is 1. The smallest absolute Gasteiger partial charge is 0.253 e. The van der Waals surface area contributed by atoms with Crippen molar-refractivity contribution in [2.75, 3.05) is 19.8 Å². The Hall–Kier alpha value is -1.94. The molecule has 0 aliphatic carbocycles. The van der Waals surface area contributed by atoms with Gasteiger partial charge in [0.1, 0.15) is 0 Å². The minimum absolute atomic E-state index is 0.00781. The fraction of sp³-hybridized carbons (Fsp3) is 0.188. The summed E-state index contributed by atoms with van der Waals surface area (Å²) in [5.41, 5.74) is 8.60. The minimum atomic E-state index is -0.00781. The third kappa shape index (κ3) is 3.54. The number of carbonyl (C=O) groups is 1. The van der Waals surface area contributed by atoms with Gasteiger partial charge in [-0.2, -0.15) is 0 Å². The van der Waals surface area contributed by atoms with E-state index in [0.29, 0.717) is 11.3 Å². The van der Waals surface area contributed by atoms with Gasteiger partial charge in [0.05, 0.1) is 0 Å². The van der Waals surface area contributed by atoms with Gasteiger partial charge in [-0.05, 0) is 23.8 Å². The van der Waals surface area contributed by atoms with Gasteiger partial charge in [0.2, 0.25) is 0 Å². The van der Waals surface area contributed by atoms with Gasteiger partial charge in [0, 0.05) is 36.0 Å². The molecule has 0 unspecified atom stereocenters. The van der Waals surface area contributed by atoms with Crippen LogP contribution in [0.2, 0.25) is 0 Å². The highest BCUT2D eigenvalue weighted by Gasteiger charge is 2.10. The van der Waals surface area contributed by atoms with Gasteiger partial charge in [-0.1, -0.05) is 30.3 Å². The second-order valence-corrected chi connectivity index (χ2v) is 5.74. The highest BCUT2D eigenvalue weighted by molar-refractivity contribution is 7.98. The molecule has 0 atom stereocenters. The highest BCUT2D eigenvalue weighted by atomic mass is 32.2. The first-order valence-electron chi connectivity index (χ1n) is 6.36. The van der Waals surface area contributed by atoms with Gasteiger partial charge in [0.15, 0.2) is 0 Å². The van der Waals surface area contributed by atoms with Crippen LogP contribution in [0, 0.1) is 0 Å². The maximum atomic E-state index is 12.0. The molecule has 0 heterocycles. The van der Waals surface area contributed by atoms with Crippen LogP contribution in [0.15, 0.2) is 53.4 Å². The molecular weight excluding hydrogens is 268 g/mol. The van der Waals surface area contributed by atoms with Crippen LogP contribution in [-0.2, 0) is 5.75 Å². The van der Waals surface area contributed by atoms with E-state index in [1.54, 1.807) is 42.9 Å². The van der Waals surface area contributed by atoms with Crippen molar-refractivity contribution in [2.24, 2.45) is 0 Å². The molecule has 4 heteroatoms. The third-order valence-electron chi connectivity index (χ3n) is 2.90. The summed E-state index contributed by atoms with van der Waals surface area (Å²) in [5.74, 6) is 0.830. The number of rotatable bonds is 4. The second-order valence-electron chi connectivity index (χ2n) is 4.73. The number of benzene rings is 2. The number of nitrogen functional groups attached to an aromatic ring is 1. The van der Waals surface area contributed by atoms with Gasteiger partial charge in [-0.3, -0.25) is 4.79 Å². The Morgan fingerprint density at radius 1 is 1.15 bits per heavy atom. The largest absolute Gasteiger partial charge is 0.398 e. The Morgan fingerprint density at radius 3 is 2.50 bits per heavy atom. The monoisotopic (exact) mass is 286 g/mol. The zero-order valence-electron chi connectivity index (χ0n) is 11.7. The molecule has 0 saturated carbocycles. The molecule has 0 aromatic heterocycles. The van der Waals surface area contributed by atoms with E-state index in [9.17, 15) is 4.79 Å². The van der Waals surface area contributed by atoms with E-state index >= 15 is 0 Å². The number of hydrogen-bond acceptors (Lipinski definition) is 3. The van der Waals surface area contributed by atoms with Gasteiger partial charge >= 0.3 is 0 Å².